The standard InChI is InChI=1S/C23H31F2N5O/c1-16-12-17(2)30(27-16)22-15-21(29-10-8-28(9-11-29)18(3)31)14-20(26-22)13-19-4-6-23(24,25)7-5-19/h12,14-15,19H,4-11,13H2,1-3H3. The van der Waals surface area contributed by atoms with E-state index in [0.29, 0.717) is 32.4 Å². The molecule has 0 aromatic carbocycles. The third-order valence-corrected chi connectivity index (χ3v) is 6.50. The van der Waals surface area contributed by atoms with Crippen LogP contribution in [0.4, 0.5) is 14.5 Å². The van der Waals surface area contributed by atoms with E-state index in [0.717, 1.165) is 41.7 Å². The number of hydrogen-bond acceptors (Lipinski definition) is 4. The lowest BCUT2D eigenvalue weighted by atomic mass is 9.84. The number of anilines is 1. The number of aromatic nitrogens is 3. The first kappa shape index (κ1) is 21.7. The maximum Gasteiger partial charge on any atom is 0.248 e. The van der Waals surface area contributed by atoms with Crippen molar-refractivity contribution in [1.29, 1.82) is 0 Å². The molecule has 2 fully saturated rings. The molecule has 31 heavy (non-hydrogen) atoms. The van der Waals surface area contributed by atoms with E-state index >= 15 is 0 Å². The summed E-state index contributed by atoms with van der Waals surface area (Å²) in [6.45, 7) is 8.47. The van der Waals surface area contributed by atoms with Crippen molar-refractivity contribution in [3.05, 3.63) is 35.3 Å². The number of alkyl halides is 2. The molecule has 0 N–H and O–H groups in total. The highest BCUT2D eigenvalue weighted by molar-refractivity contribution is 5.73. The number of hydrogen-bond donors (Lipinski definition) is 0. The summed E-state index contributed by atoms with van der Waals surface area (Å²) in [6.07, 6.45) is 1.70. The summed E-state index contributed by atoms with van der Waals surface area (Å²) < 4.78 is 29.0. The van der Waals surface area contributed by atoms with Crippen molar-refractivity contribution in [3.63, 3.8) is 0 Å². The fourth-order valence-corrected chi connectivity index (χ4v) is 4.69. The Bertz CT molecular complexity index is 939. The minimum Gasteiger partial charge on any atom is -0.368 e. The van der Waals surface area contributed by atoms with Gasteiger partial charge in [-0.2, -0.15) is 5.10 Å². The SMILES string of the molecule is CC(=O)N1CCN(c2cc(CC3CCC(F)(F)CC3)nc(-n3nc(C)cc3C)c2)CC1. The highest BCUT2D eigenvalue weighted by atomic mass is 19.3. The van der Waals surface area contributed by atoms with Gasteiger partial charge in [-0.15, -0.1) is 0 Å². The van der Waals surface area contributed by atoms with Gasteiger partial charge in [-0.05, 0) is 51.2 Å². The van der Waals surface area contributed by atoms with Crippen molar-refractivity contribution in [3.8, 4) is 5.82 Å². The lowest BCUT2D eigenvalue weighted by Crippen LogP contribution is -2.48. The molecule has 6 nitrogen and oxygen atoms in total. The lowest BCUT2D eigenvalue weighted by Gasteiger charge is -2.36. The van der Waals surface area contributed by atoms with Crippen LogP contribution in [0.2, 0.25) is 0 Å². The van der Waals surface area contributed by atoms with Gasteiger partial charge >= 0.3 is 0 Å². The van der Waals surface area contributed by atoms with Crippen LogP contribution >= 0.6 is 0 Å². The predicted octanol–water partition coefficient (Wildman–Crippen LogP) is 3.92. The van der Waals surface area contributed by atoms with Gasteiger partial charge < -0.3 is 9.80 Å². The van der Waals surface area contributed by atoms with E-state index in [1.54, 1.807) is 6.92 Å². The number of rotatable bonds is 4. The summed E-state index contributed by atoms with van der Waals surface area (Å²) in [5.74, 6) is -1.43. The number of halogens is 2. The van der Waals surface area contributed by atoms with Crippen LogP contribution in [-0.4, -0.2) is 57.7 Å². The summed E-state index contributed by atoms with van der Waals surface area (Å²) in [5, 5.41) is 4.59. The number of nitrogens with zero attached hydrogens (tertiary/aromatic N) is 5. The average molecular weight is 432 g/mol. The van der Waals surface area contributed by atoms with Gasteiger partial charge in [0, 0.05) is 69.1 Å². The Labute approximate surface area is 182 Å². The van der Waals surface area contributed by atoms with E-state index in [-0.39, 0.29) is 24.7 Å². The van der Waals surface area contributed by atoms with E-state index in [4.69, 9.17) is 4.98 Å². The molecule has 4 rings (SSSR count). The van der Waals surface area contributed by atoms with Crippen molar-refractivity contribution in [2.75, 3.05) is 31.1 Å². The van der Waals surface area contributed by atoms with E-state index in [1.165, 1.54) is 0 Å². The summed E-state index contributed by atoms with van der Waals surface area (Å²) in [6, 6.07) is 6.15. The zero-order valence-electron chi connectivity index (χ0n) is 18.6. The fraction of sp³-hybridized carbons (Fsp3) is 0.609. The van der Waals surface area contributed by atoms with Crippen LogP contribution in [0, 0.1) is 19.8 Å². The molecule has 2 aromatic rings. The second kappa shape index (κ2) is 8.55. The van der Waals surface area contributed by atoms with E-state index in [2.05, 4.69) is 16.1 Å². The van der Waals surface area contributed by atoms with Crippen molar-refractivity contribution in [2.45, 2.75) is 58.8 Å². The molecule has 168 valence electrons. The van der Waals surface area contributed by atoms with Crippen LogP contribution in [0.15, 0.2) is 18.2 Å². The van der Waals surface area contributed by atoms with Crippen LogP contribution in [-0.2, 0) is 11.2 Å². The Morgan fingerprint density at radius 1 is 1.10 bits per heavy atom. The highest BCUT2D eigenvalue weighted by Gasteiger charge is 2.35. The van der Waals surface area contributed by atoms with Gasteiger partial charge in [-0.25, -0.2) is 18.4 Å². The molecule has 1 saturated heterocycles. The molecule has 1 aliphatic carbocycles. The number of piperazine rings is 1. The first-order valence-electron chi connectivity index (χ1n) is 11.1. The smallest absolute Gasteiger partial charge is 0.248 e. The van der Waals surface area contributed by atoms with E-state index in [1.807, 2.05) is 35.6 Å². The Morgan fingerprint density at radius 2 is 1.77 bits per heavy atom. The van der Waals surface area contributed by atoms with Gasteiger partial charge in [0.25, 0.3) is 0 Å². The summed E-state index contributed by atoms with van der Waals surface area (Å²) >= 11 is 0. The summed E-state index contributed by atoms with van der Waals surface area (Å²) in [7, 11) is 0. The molecular formula is C23H31F2N5O. The largest absolute Gasteiger partial charge is 0.368 e. The third kappa shape index (κ3) is 5.05. The highest BCUT2D eigenvalue weighted by Crippen LogP contribution is 2.37. The lowest BCUT2D eigenvalue weighted by molar-refractivity contribution is -0.129. The molecule has 0 bridgehead atoms. The van der Waals surface area contributed by atoms with Crippen LogP contribution in [0.5, 0.6) is 0 Å². The molecule has 0 radical (unpaired) electrons. The molecule has 0 atom stereocenters. The Balaban J connectivity index is 1.60. The van der Waals surface area contributed by atoms with Crippen molar-refractivity contribution in [2.24, 2.45) is 5.92 Å². The predicted molar refractivity (Wildman–Crippen MR) is 116 cm³/mol. The van der Waals surface area contributed by atoms with E-state index in [9.17, 15) is 13.6 Å². The molecule has 8 heteroatoms. The molecule has 2 aliphatic rings. The average Bonchev–Trinajstić information content (AvgIpc) is 3.07. The van der Waals surface area contributed by atoms with Crippen LogP contribution < -0.4 is 4.90 Å². The molecule has 1 aliphatic heterocycles. The third-order valence-electron chi connectivity index (χ3n) is 6.50. The number of amides is 1. The number of carbonyl (C=O) groups excluding carboxylic acids is 1. The molecule has 1 amide bonds. The molecular weight excluding hydrogens is 400 g/mol. The van der Waals surface area contributed by atoms with Gasteiger partial charge in [0.2, 0.25) is 11.8 Å². The first-order chi connectivity index (χ1) is 14.7. The first-order valence-corrected chi connectivity index (χ1v) is 11.1. The van der Waals surface area contributed by atoms with Crippen LogP contribution in [0.1, 0.15) is 49.7 Å². The maximum absolute atomic E-state index is 13.6. The number of pyridine rings is 1. The molecule has 0 unspecified atom stereocenters. The molecule has 0 spiro atoms. The Morgan fingerprint density at radius 3 is 2.35 bits per heavy atom. The van der Waals surface area contributed by atoms with Crippen molar-refractivity contribution in [1.82, 2.24) is 19.7 Å². The van der Waals surface area contributed by atoms with Gasteiger partial charge in [0.15, 0.2) is 5.82 Å². The zero-order valence-corrected chi connectivity index (χ0v) is 18.6. The second-order valence-electron chi connectivity index (χ2n) is 9.01. The van der Waals surface area contributed by atoms with Crippen molar-refractivity contribution >= 4 is 11.6 Å². The monoisotopic (exact) mass is 431 g/mol. The molecule has 1 saturated carbocycles. The minimum atomic E-state index is -2.52. The summed E-state index contributed by atoms with van der Waals surface area (Å²) in [4.78, 5) is 20.7. The van der Waals surface area contributed by atoms with Gasteiger partial charge in [-0.1, -0.05) is 0 Å². The Kier molecular flexibility index (Phi) is 5.99. The number of carbonyl (C=O) groups is 1. The minimum absolute atomic E-state index is 0.0331. The van der Waals surface area contributed by atoms with Gasteiger partial charge in [0.05, 0.1) is 5.69 Å². The van der Waals surface area contributed by atoms with Crippen LogP contribution in [0.3, 0.4) is 0 Å². The quantitative estimate of drug-likeness (QED) is 0.736. The normalized spacial score (nSPS) is 19.6. The maximum atomic E-state index is 13.6. The fourth-order valence-electron chi connectivity index (χ4n) is 4.69. The van der Waals surface area contributed by atoms with E-state index < -0.39 is 5.92 Å². The molecule has 2 aromatic heterocycles. The molecule has 3 heterocycles. The number of aryl methyl sites for hydroxylation is 2. The topological polar surface area (TPSA) is 54.3 Å². The van der Waals surface area contributed by atoms with Gasteiger partial charge in [-0.3, -0.25) is 4.79 Å². The summed E-state index contributed by atoms with van der Waals surface area (Å²) in [5.41, 5.74) is 3.91. The zero-order chi connectivity index (χ0) is 22.2. The van der Waals surface area contributed by atoms with Crippen LogP contribution in [0.25, 0.3) is 5.82 Å². The second-order valence-corrected chi connectivity index (χ2v) is 9.01. The Hall–Kier alpha value is -2.51. The van der Waals surface area contributed by atoms with Crippen molar-refractivity contribution < 1.29 is 13.6 Å². The van der Waals surface area contributed by atoms with Gasteiger partial charge in [0.1, 0.15) is 0 Å².